The maximum atomic E-state index is 12.3. The molecule has 0 atom stereocenters. The lowest BCUT2D eigenvalue weighted by atomic mass is 10.2. The standard InChI is InChI=1S/C19H15N3O5/c1-26-14-6-4-5-13(9-14)21-18(24)19(25)22-20-10-12-11-27-16-8-3-2-7-15(16)17(12)23/h2-11H,1H3,(H,21,24)(H,22,25). The van der Waals surface area contributed by atoms with Crippen LogP contribution in [-0.4, -0.2) is 25.1 Å². The summed E-state index contributed by atoms with van der Waals surface area (Å²) in [4.78, 5) is 36.0. The molecule has 1 aromatic heterocycles. The minimum absolute atomic E-state index is 0.141. The van der Waals surface area contributed by atoms with Crippen molar-refractivity contribution in [2.75, 3.05) is 12.4 Å². The highest BCUT2D eigenvalue weighted by atomic mass is 16.5. The molecule has 2 N–H and O–H groups in total. The Hall–Kier alpha value is -3.94. The molecule has 0 unspecified atom stereocenters. The van der Waals surface area contributed by atoms with Gasteiger partial charge in [0.1, 0.15) is 17.6 Å². The molecule has 0 aliphatic carbocycles. The quantitative estimate of drug-likeness (QED) is 0.417. The maximum Gasteiger partial charge on any atom is 0.329 e. The fraction of sp³-hybridized carbons (Fsp3) is 0.0526. The third kappa shape index (κ3) is 4.18. The number of hydrogen-bond donors (Lipinski definition) is 2. The van der Waals surface area contributed by atoms with E-state index in [-0.39, 0.29) is 11.0 Å². The molecular weight excluding hydrogens is 350 g/mol. The number of methoxy groups -OCH3 is 1. The monoisotopic (exact) mass is 365 g/mol. The van der Waals surface area contributed by atoms with Crippen molar-refractivity contribution in [3.8, 4) is 5.75 Å². The average Bonchev–Trinajstić information content (AvgIpc) is 2.70. The van der Waals surface area contributed by atoms with Gasteiger partial charge in [0.15, 0.2) is 0 Å². The van der Waals surface area contributed by atoms with Crippen LogP contribution in [0.2, 0.25) is 0 Å². The molecule has 2 amide bonds. The zero-order valence-electron chi connectivity index (χ0n) is 14.3. The summed E-state index contributed by atoms with van der Waals surface area (Å²) in [7, 11) is 1.49. The largest absolute Gasteiger partial charge is 0.497 e. The van der Waals surface area contributed by atoms with Crippen molar-refractivity contribution in [3.05, 3.63) is 70.6 Å². The summed E-state index contributed by atoms with van der Waals surface area (Å²) in [5.74, 6) is -1.36. The molecule has 3 aromatic rings. The smallest absolute Gasteiger partial charge is 0.329 e. The molecule has 1 heterocycles. The predicted octanol–water partition coefficient (Wildman–Crippen LogP) is 1.89. The number of hydrazone groups is 1. The second-order valence-corrected chi connectivity index (χ2v) is 5.40. The van der Waals surface area contributed by atoms with Gasteiger partial charge in [-0.3, -0.25) is 14.4 Å². The second kappa shape index (κ2) is 7.96. The van der Waals surface area contributed by atoms with E-state index in [4.69, 9.17) is 9.15 Å². The molecule has 0 saturated heterocycles. The van der Waals surface area contributed by atoms with Crippen LogP contribution in [0.1, 0.15) is 5.56 Å². The van der Waals surface area contributed by atoms with E-state index in [1.807, 2.05) is 0 Å². The molecule has 0 aliphatic heterocycles. The normalized spacial score (nSPS) is 10.7. The number of anilines is 1. The number of amides is 2. The first kappa shape index (κ1) is 17.9. The number of para-hydroxylation sites is 1. The molecule has 8 heteroatoms. The Balaban J connectivity index is 1.65. The minimum atomic E-state index is -0.987. The van der Waals surface area contributed by atoms with Crippen LogP contribution in [0.3, 0.4) is 0 Å². The maximum absolute atomic E-state index is 12.3. The van der Waals surface area contributed by atoms with E-state index < -0.39 is 11.8 Å². The first-order valence-corrected chi connectivity index (χ1v) is 7.87. The fourth-order valence-corrected chi connectivity index (χ4v) is 2.28. The first-order valence-electron chi connectivity index (χ1n) is 7.87. The van der Waals surface area contributed by atoms with Crippen molar-refractivity contribution in [2.24, 2.45) is 5.10 Å². The molecule has 0 saturated carbocycles. The SMILES string of the molecule is COc1cccc(NC(=O)C(=O)NN=Cc2coc3ccccc3c2=O)c1. The number of fused-ring (bicyclic) bond motifs is 1. The number of nitrogens with zero attached hydrogens (tertiary/aromatic N) is 1. The topological polar surface area (TPSA) is 110 Å². The van der Waals surface area contributed by atoms with Gasteiger partial charge in [-0.2, -0.15) is 5.10 Å². The van der Waals surface area contributed by atoms with Gasteiger partial charge in [-0.25, -0.2) is 5.43 Å². The molecular formula is C19H15N3O5. The van der Waals surface area contributed by atoms with Gasteiger partial charge in [0.05, 0.1) is 24.3 Å². The number of rotatable bonds is 4. The Morgan fingerprint density at radius 2 is 1.93 bits per heavy atom. The van der Waals surface area contributed by atoms with Crippen molar-refractivity contribution in [1.82, 2.24) is 5.43 Å². The summed E-state index contributed by atoms with van der Waals surface area (Å²) in [6.07, 6.45) is 2.35. The van der Waals surface area contributed by atoms with Crippen LogP contribution in [0.15, 0.2) is 69.1 Å². The number of carbonyl (C=O) groups excluding carboxylic acids is 2. The van der Waals surface area contributed by atoms with Crippen LogP contribution >= 0.6 is 0 Å². The Labute approximate surface area is 153 Å². The van der Waals surface area contributed by atoms with Crippen LogP contribution in [-0.2, 0) is 9.59 Å². The molecule has 8 nitrogen and oxygen atoms in total. The lowest BCUT2D eigenvalue weighted by Gasteiger charge is -2.05. The van der Waals surface area contributed by atoms with Crippen LogP contribution < -0.4 is 20.9 Å². The molecule has 0 fully saturated rings. The Morgan fingerprint density at radius 3 is 2.74 bits per heavy atom. The molecule has 2 aromatic carbocycles. The summed E-state index contributed by atoms with van der Waals surface area (Å²) < 4.78 is 10.4. The van der Waals surface area contributed by atoms with E-state index in [9.17, 15) is 14.4 Å². The zero-order valence-corrected chi connectivity index (χ0v) is 14.3. The third-order valence-corrected chi connectivity index (χ3v) is 3.61. The predicted molar refractivity (Wildman–Crippen MR) is 99.8 cm³/mol. The molecule has 0 spiro atoms. The second-order valence-electron chi connectivity index (χ2n) is 5.40. The third-order valence-electron chi connectivity index (χ3n) is 3.61. The van der Waals surface area contributed by atoms with Gasteiger partial charge in [-0.05, 0) is 24.3 Å². The van der Waals surface area contributed by atoms with Crippen molar-refractivity contribution in [2.45, 2.75) is 0 Å². The van der Waals surface area contributed by atoms with Crippen molar-refractivity contribution >= 4 is 34.7 Å². The Morgan fingerprint density at radius 1 is 1.11 bits per heavy atom. The number of benzene rings is 2. The van der Waals surface area contributed by atoms with Gasteiger partial charge in [0.2, 0.25) is 5.43 Å². The summed E-state index contributed by atoms with van der Waals surface area (Å²) >= 11 is 0. The lowest BCUT2D eigenvalue weighted by Crippen LogP contribution is -2.32. The molecule has 3 rings (SSSR count). The van der Waals surface area contributed by atoms with Crippen LogP contribution in [0.25, 0.3) is 11.0 Å². The fourth-order valence-electron chi connectivity index (χ4n) is 2.28. The van der Waals surface area contributed by atoms with Crippen molar-refractivity contribution < 1.29 is 18.7 Å². The Kier molecular flexibility index (Phi) is 5.27. The van der Waals surface area contributed by atoms with E-state index >= 15 is 0 Å². The number of carbonyl (C=O) groups is 2. The van der Waals surface area contributed by atoms with Gasteiger partial charge in [0, 0.05) is 11.8 Å². The minimum Gasteiger partial charge on any atom is -0.497 e. The van der Waals surface area contributed by atoms with Crippen molar-refractivity contribution in [1.29, 1.82) is 0 Å². The number of nitrogens with one attached hydrogen (secondary N) is 2. The molecule has 0 radical (unpaired) electrons. The van der Waals surface area contributed by atoms with Gasteiger partial charge in [-0.15, -0.1) is 0 Å². The molecule has 0 aliphatic rings. The molecule has 0 bridgehead atoms. The first-order chi connectivity index (χ1) is 13.1. The summed E-state index contributed by atoms with van der Waals surface area (Å²) in [6.45, 7) is 0. The van der Waals surface area contributed by atoms with Crippen LogP contribution in [0.4, 0.5) is 5.69 Å². The van der Waals surface area contributed by atoms with Gasteiger partial charge >= 0.3 is 11.8 Å². The highest BCUT2D eigenvalue weighted by Crippen LogP contribution is 2.16. The van der Waals surface area contributed by atoms with E-state index in [0.717, 1.165) is 6.21 Å². The number of ether oxygens (including phenoxy) is 1. The van der Waals surface area contributed by atoms with Gasteiger partial charge in [0.25, 0.3) is 0 Å². The van der Waals surface area contributed by atoms with E-state index in [0.29, 0.717) is 22.4 Å². The van der Waals surface area contributed by atoms with E-state index in [2.05, 4.69) is 15.8 Å². The highest BCUT2D eigenvalue weighted by molar-refractivity contribution is 6.39. The summed E-state index contributed by atoms with van der Waals surface area (Å²) in [5.41, 5.74) is 2.75. The van der Waals surface area contributed by atoms with Gasteiger partial charge in [-0.1, -0.05) is 18.2 Å². The average molecular weight is 365 g/mol. The summed E-state index contributed by atoms with van der Waals surface area (Å²) in [5, 5.41) is 6.44. The van der Waals surface area contributed by atoms with E-state index in [1.54, 1.807) is 48.5 Å². The number of hydrogen-bond acceptors (Lipinski definition) is 6. The Bertz CT molecular complexity index is 1090. The van der Waals surface area contributed by atoms with Crippen molar-refractivity contribution in [3.63, 3.8) is 0 Å². The summed E-state index contributed by atoms with van der Waals surface area (Å²) in [6, 6.07) is 13.3. The van der Waals surface area contributed by atoms with Crippen LogP contribution in [0, 0.1) is 0 Å². The highest BCUT2D eigenvalue weighted by Gasteiger charge is 2.13. The molecule has 136 valence electrons. The van der Waals surface area contributed by atoms with E-state index in [1.165, 1.54) is 13.4 Å². The lowest BCUT2D eigenvalue weighted by molar-refractivity contribution is -0.136. The van der Waals surface area contributed by atoms with Gasteiger partial charge < -0.3 is 14.5 Å². The zero-order chi connectivity index (χ0) is 19.2. The van der Waals surface area contributed by atoms with Crippen LogP contribution in [0.5, 0.6) is 5.75 Å². The molecule has 27 heavy (non-hydrogen) atoms.